The first-order valence-electron chi connectivity index (χ1n) is 6.06. The Morgan fingerprint density at radius 2 is 1.93 bits per heavy atom. The van der Waals surface area contributed by atoms with Gasteiger partial charge in [0.15, 0.2) is 0 Å². The van der Waals surface area contributed by atoms with Gasteiger partial charge in [0.25, 0.3) is 0 Å². The molecule has 1 saturated carbocycles. The Hall–Kier alpha value is -0.410. The topological polar surface area (TPSA) is 24.9 Å². The fourth-order valence-corrected chi connectivity index (χ4v) is 2.78. The summed E-state index contributed by atoms with van der Waals surface area (Å²) >= 11 is 1.75. The molecule has 1 heterocycles. The number of hydrogen-bond donors (Lipinski definition) is 1. The first-order valence-corrected chi connectivity index (χ1v) is 6.94. The van der Waals surface area contributed by atoms with E-state index in [-0.39, 0.29) is 0 Å². The lowest BCUT2D eigenvalue weighted by Crippen LogP contribution is -2.28. The molecule has 0 unspecified atom stereocenters. The summed E-state index contributed by atoms with van der Waals surface area (Å²) < 4.78 is 0. The highest BCUT2D eigenvalue weighted by Gasteiger charge is 2.10. The molecular weight excluding hydrogens is 204 g/mol. The molecule has 0 atom stereocenters. The Balaban J connectivity index is 1.72. The van der Waals surface area contributed by atoms with Crippen LogP contribution in [-0.4, -0.2) is 11.0 Å². The molecule has 2 nitrogen and oxygen atoms in total. The minimum atomic E-state index is 0.743. The second kappa shape index (κ2) is 6.23. The van der Waals surface area contributed by atoms with E-state index in [0.29, 0.717) is 0 Å². The van der Waals surface area contributed by atoms with E-state index in [4.69, 9.17) is 0 Å². The molecular formula is C12H20N2S. The van der Waals surface area contributed by atoms with E-state index < -0.39 is 0 Å². The van der Waals surface area contributed by atoms with Crippen molar-refractivity contribution in [3.05, 3.63) is 16.6 Å². The molecule has 1 fully saturated rings. The molecule has 0 radical (unpaired) electrons. The van der Waals surface area contributed by atoms with Crippen LogP contribution in [-0.2, 0) is 6.54 Å². The molecule has 1 aromatic heterocycles. The average Bonchev–Trinajstić information content (AvgIpc) is 2.68. The van der Waals surface area contributed by atoms with Crippen molar-refractivity contribution < 1.29 is 0 Å². The maximum Gasteiger partial charge on any atom is 0.0794 e. The van der Waals surface area contributed by atoms with Gasteiger partial charge in [0.05, 0.1) is 5.51 Å². The van der Waals surface area contributed by atoms with Gasteiger partial charge in [0.1, 0.15) is 0 Å². The van der Waals surface area contributed by atoms with Crippen LogP contribution in [0.5, 0.6) is 0 Å². The molecule has 1 N–H and O–H groups in total. The van der Waals surface area contributed by atoms with Crippen molar-refractivity contribution in [2.45, 2.75) is 57.5 Å². The molecule has 0 aliphatic heterocycles. The molecule has 2 rings (SSSR count). The number of nitrogens with one attached hydrogen (secondary N) is 1. The Morgan fingerprint density at radius 1 is 1.20 bits per heavy atom. The summed E-state index contributed by atoms with van der Waals surface area (Å²) in [6.07, 6.45) is 11.8. The van der Waals surface area contributed by atoms with E-state index in [1.54, 1.807) is 11.3 Å². The molecule has 0 spiro atoms. The minimum absolute atomic E-state index is 0.743. The predicted molar refractivity (Wildman–Crippen MR) is 65.1 cm³/mol. The highest BCUT2D eigenvalue weighted by molar-refractivity contribution is 7.09. The second-order valence-corrected chi connectivity index (χ2v) is 5.36. The van der Waals surface area contributed by atoms with Crippen LogP contribution < -0.4 is 5.32 Å². The molecule has 0 aromatic carbocycles. The quantitative estimate of drug-likeness (QED) is 0.851. The van der Waals surface area contributed by atoms with Crippen LogP contribution in [0, 0.1) is 0 Å². The van der Waals surface area contributed by atoms with Gasteiger partial charge in [-0.1, -0.05) is 32.1 Å². The zero-order chi connectivity index (χ0) is 10.3. The van der Waals surface area contributed by atoms with Gasteiger partial charge in [0.2, 0.25) is 0 Å². The highest BCUT2D eigenvalue weighted by atomic mass is 32.1. The van der Waals surface area contributed by atoms with Gasteiger partial charge < -0.3 is 5.32 Å². The lowest BCUT2D eigenvalue weighted by atomic mass is 9.97. The zero-order valence-corrected chi connectivity index (χ0v) is 10.1. The zero-order valence-electron chi connectivity index (χ0n) is 9.24. The number of nitrogens with zero attached hydrogens (tertiary/aromatic N) is 1. The highest BCUT2D eigenvalue weighted by Crippen LogP contribution is 2.17. The third-order valence-electron chi connectivity index (χ3n) is 3.15. The maximum atomic E-state index is 4.10. The van der Waals surface area contributed by atoms with Crippen molar-refractivity contribution in [3.8, 4) is 0 Å². The summed E-state index contributed by atoms with van der Waals surface area (Å²) in [4.78, 5) is 5.46. The van der Waals surface area contributed by atoms with E-state index >= 15 is 0 Å². The fourth-order valence-electron chi connectivity index (χ4n) is 2.23. The molecule has 1 aromatic rings. The maximum absolute atomic E-state index is 4.10. The van der Waals surface area contributed by atoms with E-state index in [1.807, 2.05) is 11.7 Å². The van der Waals surface area contributed by atoms with Crippen LogP contribution in [0.15, 0.2) is 11.7 Å². The van der Waals surface area contributed by atoms with Gasteiger partial charge in [-0.2, -0.15) is 0 Å². The summed E-state index contributed by atoms with van der Waals surface area (Å²) in [5.41, 5.74) is 1.91. The monoisotopic (exact) mass is 224 g/mol. The second-order valence-electron chi connectivity index (χ2n) is 4.39. The first-order chi connectivity index (χ1) is 7.45. The van der Waals surface area contributed by atoms with Gasteiger partial charge in [-0.05, 0) is 12.8 Å². The SMILES string of the molecule is c1ncc(CNC2CCCCCCC2)s1. The Labute approximate surface area is 96.1 Å². The molecule has 0 amide bonds. The fraction of sp³-hybridized carbons (Fsp3) is 0.750. The molecule has 1 aliphatic rings. The van der Waals surface area contributed by atoms with E-state index in [1.165, 1.54) is 49.8 Å². The predicted octanol–water partition coefficient (Wildman–Crippen LogP) is 3.35. The molecule has 15 heavy (non-hydrogen) atoms. The summed E-state index contributed by atoms with van der Waals surface area (Å²) in [5.74, 6) is 0. The van der Waals surface area contributed by atoms with Crippen molar-refractivity contribution in [2.24, 2.45) is 0 Å². The standard InChI is InChI=1S/C12H20N2S/c1-2-4-6-11(7-5-3-1)14-9-12-8-13-10-15-12/h8,10-11,14H,1-7,9H2. The summed E-state index contributed by atoms with van der Waals surface area (Å²) in [6.45, 7) is 1.01. The van der Waals surface area contributed by atoms with Crippen molar-refractivity contribution >= 4 is 11.3 Å². The number of aromatic nitrogens is 1. The van der Waals surface area contributed by atoms with Gasteiger partial charge in [-0.3, -0.25) is 4.98 Å². The normalized spacial score (nSPS) is 19.7. The lowest BCUT2D eigenvalue weighted by molar-refractivity contribution is 0.390. The minimum Gasteiger partial charge on any atom is -0.309 e. The number of thiazole rings is 1. The van der Waals surface area contributed by atoms with Crippen molar-refractivity contribution in [1.29, 1.82) is 0 Å². The van der Waals surface area contributed by atoms with E-state index in [0.717, 1.165) is 12.6 Å². The van der Waals surface area contributed by atoms with Crippen LogP contribution in [0.25, 0.3) is 0 Å². The van der Waals surface area contributed by atoms with E-state index in [9.17, 15) is 0 Å². The third-order valence-corrected chi connectivity index (χ3v) is 3.93. The summed E-state index contributed by atoms with van der Waals surface area (Å²) in [6, 6.07) is 0.743. The number of hydrogen-bond acceptors (Lipinski definition) is 3. The van der Waals surface area contributed by atoms with Crippen LogP contribution in [0.3, 0.4) is 0 Å². The molecule has 84 valence electrons. The van der Waals surface area contributed by atoms with Crippen molar-refractivity contribution in [3.63, 3.8) is 0 Å². The Morgan fingerprint density at radius 3 is 2.60 bits per heavy atom. The van der Waals surface area contributed by atoms with Gasteiger partial charge in [-0.15, -0.1) is 11.3 Å². The third kappa shape index (κ3) is 3.92. The number of rotatable bonds is 3. The summed E-state index contributed by atoms with van der Waals surface area (Å²) in [5, 5.41) is 3.66. The average molecular weight is 224 g/mol. The van der Waals surface area contributed by atoms with Gasteiger partial charge >= 0.3 is 0 Å². The van der Waals surface area contributed by atoms with Crippen molar-refractivity contribution in [2.75, 3.05) is 0 Å². The first kappa shape index (κ1) is 11.1. The van der Waals surface area contributed by atoms with E-state index in [2.05, 4.69) is 10.3 Å². The van der Waals surface area contributed by atoms with Crippen LogP contribution >= 0.6 is 11.3 Å². The Kier molecular flexibility index (Phi) is 4.61. The largest absolute Gasteiger partial charge is 0.309 e. The van der Waals surface area contributed by atoms with Crippen LogP contribution in [0.4, 0.5) is 0 Å². The molecule has 3 heteroatoms. The van der Waals surface area contributed by atoms with Crippen molar-refractivity contribution in [1.82, 2.24) is 10.3 Å². The lowest BCUT2D eigenvalue weighted by Gasteiger charge is -2.20. The molecule has 0 saturated heterocycles. The smallest absolute Gasteiger partial charge is 0.0794 e. The summed E-state index contributed by atoms with van der Waals surface area (Å²) in [7, 11) is 0. The van der Waals surface area contributed by atoms with Gasteiger partial charge in [-0.25, -0.2) is 0 Å². The van der Waals surface area contributed by atoms with Crippen LogP contribution in [0.2, 0.25) is 0 Å². The molecule has 0 bridgehead atoms. The molecule has 1 aliphatic carbocycles. The van der Waals surface area contributed by atoms with Gasteiger partial charge in [0, 0.05) is 23.7 Å². The Bertz CT molecular complexity index is 251. The van der Waals surface area contributed by atoms with Crippen LogP contribution in [0.1, 0.15) is 49.8 Å².